The maximum atomic E-state index is 12.4. The smallest absolute Gasteiger partial charge is 0.192 e. The molecule has 0 unspecified atom stereocenters. The minimum absolute atomic E-state index is 0.617. The van der Waals surface area contributed by atoms with E-state index < -0.39 is 54.0 Å². The van der Waals surface area contributed by atoms with Gasteiger partial charge in [0.15, 0.2) is 0 Å². The van der Waals surface area contributed by atoms with Crippen LogP contribution in [0.15, 0.2) is 28.0 Å². The van der Waals surface area contributed by atoms with Crippen LogP contribution in [0.1, 0.15) is 5.56 Å². The molecule has 0 saturated carbocycles. The van der Waals surface area contributed by atoms with Gasteiger partial charge in [0.2, 0.25) is 0 Å². The molecule has 20 heavy (non-hydrogen) atoms. The van der Waals surface area contributed by atoms with Gasteiger partial charge < -0.3 is 0 Å². The largest absolute Gasteiger partial charge is 0.310 e. The van der Waals surface area contributed by atoms with Gasteiger partial charge in [-0.05, 0) is 18.2 Å². The van der Waals surface area contributed by atoms with Crippen LogP contribution in [0, 0.1) is 11.3 Å². The molecule has 0 fully saturated rings. The van der Waals surface area contributed by atoms with E-state index in [1.54, 1.807) is 0 Å². The van der Waals surface area contributed by atoms with Crippen LogP contribution in [0.2, 0.25) is 0 Å². The van der Waals surface area contributed by atoms with E-state index in [-0.39, 0.29) is 0 Å². The second-order valence-electron chi connectivity index (χ2n) is 3.74. The van der Waals surface area contributed by atoms with E-state index in [2.05, 4.69) is 0 Å². The van der Waals surface area contributed by atoms with Crippen molar-refractivity contribution in [2.24, 2.45) is 0 Å². The number of hydrogen-bond acceptors (Lipinski definition) is 1. The van der Waals surface area contributed by atoms with Crippen molar-refractivity contribution in [1.29, 1.82) is 5.26 Å². The number of halogens is 10. The van der Waals surface area contributed by atoms with Gasteiger partial charge in [0, 0.05) is 0 Å². The number of nitriles is 1. The highest BCUT2D eigenvalue weighted by molar-refractivity contribution is 8.46. The Bertz CT molecular complexity index is 584. The van der Waals surface area contributed by atoms with E-state index in [0.29, 0.717) is 6.07 Å². The molecule has 0 N–H and O–H groups in total. The van der Waals surface area contributed by atoms with Gasteiger partial charge in [-0.2, -0.15) is 5.26 Å². The monoisotopic (exact) mass is 355 g/mol. The van der Waals surface area contributed by atoms with Crippen molar-refractivity contribution in [3.63, 3.8) is 0 Å². The molecule has 0 aliphatic carbocycles. The van der Waals surface area contributed by atoms with Gasteiger partial charge in [-0.1, -0.05) is 38.9 Å². The topological polar surface area (TPSA) is 23.8 Å². The SMILES string of the molecule is N#Cc1cc(S(F)(F)(F)(F)F)cc(S(F)(F)(F)(F)F)c1. The average molecular weight is 355 g/mol. The Hall–Kier alpha value is -1.29. The van der Waals surface area contributed by atoms with E-state index in [4.69, 9.17) is 5.26 Å². The Morgan fingerprint density at radius 3 is 1.15 bits per heavy atom. The average Bonchev–Trinajstić information content (AvgIpc) is 2.10. The number of rotatable bonds is 2. The van der Waals surface area contributed by atoms with Gasteiger partial charge in [0.25, 0.3) is 0 Å². The van der Waals surface area contributed by atoms with Crippen LogP contribution in [-0.2, 0) is 0 Å². The van der Waals surface area contributed by atoms with Gasteiger partial charge in [-0.25, -0.2) is 0 Å². The lowest BCUT2D eigenvalue weighted by atomic mass is 10.2. The number of hydrogen-bond donors (Lipinski definition) is 0. The maximum absolute atomic E-state index is 12.4. The predicted molar refractivity (Wildman–Crippen MR) is 54.0 cm³/mol. The summed E-state index contributed by atoms with van der Waals surface area (Å²) in [5.74, 6) is 0. The lowest BCUT2D eigenvalue weighted by molar-refractivity contribution is 0.360. The van der Waals surface area contributed by atoms with Crippen molar-refractivity contribution in [3.05, 3.63) is 23.8 Å². The summed E-state index contributed by atoms with van der Waals surface area (Å²) in [6, 6.07) is -1.93. The van der Waals surface area contributed by atoms with E-state index in [1.807, 2.05) is 0 Å². The predicted octanol–water partition coefficient (Wildman–Crippen LogP) is 6.87. The molecule has 118 valence electrons. The molecule has 0 amide bonds. The fraction of sp³-hybridized carbons (Fsp3) is 0. The highest BCUT2D eigenvalue weighted by Crippen LogP contribution is 3.05. The fourth-order valence-corrected chi connectivity index (χ4v) is 2.56. The molecule has 0 bridgehead atoms. The molecule has 1 aromatic carbocycles. The lowest BCUT2D eigenvalue weighted by Gasteiger charge is -2.44. The summed E-state index contributed by atoms with van der Waals surface area (Å²) < 4.78 is 124. The second kappa shape index (κ2) is 2.84. The third kappa shape index (κ3) is 3.85. The second-order valence-corrected chi connectivity index (χ2v) is 8.56. The summed E-state index contributed by atoms with van der Waals surface area (Å²) in [4.78, 5) is -6.40. The van der Waals surface area contributed by atoms with Crippen molar-refractivity contribution < 1.29 is 38.9 Å². The molecule has 0 aliphatic rings. The van der Waals surface area contributed by atoms with Crippen LogP contribution >= 0.6 is 20.4 Å². The molecule has 0 spiro atoms. The molecule has 1 aromatic rings. The highest BCUT2D eigenvalue weighted by Gasteiger charge is 2.69. The molecule has 0 aliphatic heterocycles. The standard InChI is InChI=1S/C7H3F10NS2/c8-19(9,10,11,12)6-1-5(4-18)2-7(3-6)20(13,14,15,16)17/h1-3H. The van der Waals surface area contributed by atoms with Gasteiger partial charge in [-0.3, -0.25) is 0 Å². The zero-order chi connectivity index (χ0) is 16.4. The first kappa shape index (κ1) is 16.8. The van der Waals surface area contributed by atoms with Gasteiger partial charge in [-0.15, -0.1) is 0 Å². The molecule has 1 rings (SSSR count). The maximum Gasteiger partial charge on any atom is 0.310 e. The van der Waals surface area contributed by atoms with E-state index in [1.165, 1.54) is 0 Å². The zero-order valence-corrected chi connectivity index (χ0v) is 10.4. The van der Waals surface area contributed by atoms with E-state index in [0.717, 1.165) is 0 Å². The first-order valence-electron chi connectivity index (χ1n) is 4.16. The molecule has 1 nitrogen and oxygen atoms in total. The molecular formula is C7H3F10NS2. The van der Waals surface area contributed by atoms with Crippen LogP contribution in [0.5, 0.6) is 0 Å². The fourth-order valence-electron chi connectivity index (χ4n) is 1.08. The summed E-state index contributed by atoms with van der Waals surface area (Å²) >= 11 is 0. The third-order valence-electron chi connectivity index (χ3n) is 1.90. The van der Waals surface area contributed by atoms with Crippen LogP contribution in [0.4, 0.5) is 38.9 Å². The van der Waals surface area contributed by atoms with Gasteiger partial charge >= 0.3 is 20.4 Å². The van der Waals surface area contributed by atoms with Crippen LogP contribution in [0.3, 0.4) is 0 Å². The Balaban J connectivity index is 3.89. The molecule has 0 saturated heterocycles. The minimum Gasteiger partial charge on any atom is -0.192 e. The van der Waals surface area contributed by atoms with E-state index in [9.17, 15) is 38.9 Å². The van der Waals surface area contributed by atoms with Crippen molar-refractivity contribution in [1.82, 2.24) is 0 Å². The third-order valence-corrected chi connectivity index (χ3v) is 4.15. The summed E-state index contributed by atoms with van der Waals surface area (Å²) in [5, 5.41) is 8.21. The summed E-state index contributed by atoms with van der Waals surface area (Å²) in [7, 11) is -21.3. The minimum atomic E-state index is -10.6. The van der Waals surface area contributed by atoms with Crippen molar-refractivity contribution >= 4 is 20.4 Å². The van der Waals surface area contributed by atoms with Crippen molar-refractivity contribution in [2.75, 3.05) is 0 Å². The Morgan fingerprint density at radius 2 is 0.950 bits per heavy atom. The molecule has 0 aromatic heterocycles. The first-order valence-corrected chi connectivity index (χ1v) is 8.06. The Kier molecular flexibility index (Phi) is 2.38. The van der Waals surface area contributed by atoms with Crippen LogP contribution < -0.4 is 0 Å². The van der Waals surface area contributed by atoms with Crippen molar-refractivity contribution in [2.45, 2.75) is 9.79 Å². The van der Waals surface area contributed by atoms with Gasteiger partial charge in [0.05, 0.1) is 11.6 Å². The normalized spacial score (nSPS) is 20.1. The van der Waals surface area contributed by atoms with Crippen LogP contribution in [0.25, 0.3) is 0 Å². The summed E-state index contributed by atoms with van der Waals surface area (Å²) in [5.41, 5.74) is -1.61. The van der Waals surface area contributed by atoms with Gasteiger partial charge in [0.1, 0.15) is 9.79 Å². The summed E-state index contributed by atoms with van der Waals surface area (Å²) in [6.07, 6.45) is 0. The van der Waals surface area contributed by atoms with Crippen molar-refractivity contribution in [3.8, 4) is 6.07 Å². The zero-order valence-electron chi connectivity index (χ0n) is 8.78. The molecule has 13 heteroatoms. The lowest BCUT2D eigenvalue weighted by Crippen LogP contribution is -2.11. The number of benzene rings is 1. The highest BCUT2D eigenvalue weighted by atomic mass is 32.5. The number of nitrogens with zero attached hydrogens (tertiary/aromatic N) is 1. The molecule has 0 radical (unpaired) electrons. The van der Waals surface area contributed by atoms with E-state index >= 15 is 0 Å². The van der Waals surface area contributed by atoms with Crippen LogP contribution in [-0.4, -0.2) is 0 Å². The quantitative estimate of drug-likeness (QED) is 0.531. The molecule has 0 atom stereocenters. The Labute approximate surface area is 105 Å². The first-order chi connectivity index (χ1) is 8.12. The summed E-state index contributed by atoms with van der Waals surface area (Å²) in [6.45, 7) is 0. The Morgan fingerprint density at radius 1 is 0.650 bits per heavy atom. The molecular weight excluding hydrogens is 352 g/mol. The molecule has 0 heterocycles.